The molecule has 3 rings (SSSR count). The van der Waals surface area contributed by atoms with Crippen LogP contribution in [0.1, 0.15) is 23.2 Å². The lowest BCUT2D eigenvalue weighted by molar-refractivity contribution is -0.142. The average Bonchev–Trinajstić information content (AvgIpc) is 3.49. The number of aliphatic carboxylic acids is 1. The van der Waals surface area contributed by atoms with Crippen LogP contribution in [0.15, 0.2) is 61.1 Å². The van der Waals surface area contributed by atoms with Crippen LogP contribution >= 0.6 is 11.8 Å². The van der Waals surface area contributed by atoms with Crippen molar-refractivity contribution >= 4 is 35.5 Å². The Kier molecular flexibility index (Phi) is 12.4. The summed E-state index contributed by atoms with van der Waals surface area (Å²) in [7, 11) is 0. The monoisotopic (exact) mass is 612 g/mol. The van der Waals surface area contributed by atoms with Gasteiger partial charge in [0.25, 0.3) is 0 Å². The van der Waals surface area contributed by atoms with Gasteiger partial charge in [-0.25, -0.2) is 9.78 Å². The molecule has 0 aliphatic heterocycles. The van der Waals surface area contributed by atoms with Gasteiger partial charge in [-0.1, -0.05) is 24.3 Å². The van der Waals surface area contributed by atoms with Crippen LogP contribution in [-0.4, -0.2) is 85.2 Å². The topological polar surface area (TPSA) is 220 Å². The fourth-order valence-electron chi connectivity index (χ4n) is 4.20. The van der Waals surface area contributed by atoms with Gasteiger partial charge < -0.3 is 42.0 Å². The van der Waals surface area contributed by atoms with Gasteiger partial charge in [-0.3, -0.25) is 14.4 Å². The first-order chi connectivity index (χ1) is 20.5. The lowest BCUT2D eigenvalue weighted by atomic mass is 10.0. The first kappa shape index (κ1) is 32.9. The Bertz CT molecular complexity index is 1350. The normalized spacial score (nSPS) is 13.7. The molecular formula is C29H36N6O7S. The molecule has 43 heavy (non-hydrogen) atoms. The molecule has 0 aliphatic rings. The van der Waals surface area contributed by atoms with E-state index in [9.17, 15) is 34.5 Å². The van der Waals surface area contributed by atoms with E-state index in [1.807, 2.05) is 6.26 Å². The number of nitrogens with one attached hydrogen (secondary N) is 4. The highest BCUT2D eigenvalue weighted by molar-refractivity contribution is 7.98. The number of nitrogens with zero attached hydrogens (tertiary/aromatic N) is 1. The van der Waals surface area contributed by atoms with Crippen LogP contribution in [0.2, 0.25) is 0 Å². The molecule has 1 heterocycles. The zero-order chi connectivity index (χ0) is 31.4. The molecule has 3 amide bonds. The number of carbonyl (C=O) groups excluding carboxylic acids is 3. The molecule has 13 nitrogen and oxygen atoms in total. The van der Waals surface area contributed by atoms with E-state index in [0.29, 0.717) is 22.6 Å². The molecule has 9 N–H and O–H groups in total. The molecule has 0 spiro atoms. The van der Waals surface area contributed by atoms with Crippen molar-refractivity contribution in [2.45, 2.75) is 49.9 Å². The molecule has 14 heteroatoms. The van der Waals surface area contributed by atoms with Crippen molar-refractivity contribution in [1.82, 2.24) is 25.9 Å². The predicted molar refractivity (Wildman–Crippen MR) is 160 cm³/mol. The number of carboxylic acids is 1. The Morgan fingerprint density at radius 2 is 1.33 bits per heavy atom. The Balaban J connectivity index is 1.80. The van der Waals surface area contributed by atoms with E-state index < -0.39 is 47.9 Å². The number of aromatic nitrogens is 2. The molecule has 0 aliphatic carbocycles. The van der Waals surface area contributed by atoms with E-state index in [-0.39, 0.29) is 37.2 Å². The van der Waals surface area contributed by atoms with Gasteiger partial charge >= 0.3 is 5.97 Å². The molecule has 230 valence electrons. The summed E-state index contributed by atoms with van der Waals surface area (Å²) in [5, 5.41) is 36.6. The second kappa shape index (κ2) is 16.2. The number of phenols is 2. The molecular weight excluding hydrogens is 576 g/mol. The highest BCUT2D eigenvalue weighted by Gasteiger charge is 2.31. The lowest BCUT2D eigenvalue weighted by Gasteiger charge is -2.25. The Morgan fingerprint density at radius 3 is 1.84 bits per heavy atom. The zero-order valence-corrected chi connectivity index (χ0v) is 24.3. The zero-order valence-electron chi connectivity index (χ0n) is 23.5. The third kappa shape index (κ3) is 10.7. The number of phenolic OH excluding ortho intramolecular Hbond substituents is 2. The number of aromatic amines is 1. The minimum absolute atomic E-state index is 0.00759. The summed E-state index contributed by atoms with van der Waals surface area (Å²) >= 11 is 1.44. The molecule has 0 fully saturated rings. The fraction of sp³-hybridized carbons (Fsp3) is 0.345. The number of hydrogen-bond donors (Lipinski definition) is 8. The maximum Gasteiger partial charge on any atom is 0.326 e. The number of carbonyl (C=O) groups is 4. The van der Waals surface area contributed by atoms with Crippen LogP contribution in [0.4, 0.5) is 0 Å². The maximum absolute atomic E-state index is 13.6. The smallest absolute Gasteiger partial charge is 0.326 e. The summed E-state index contributed by atoms with van der Waals surface area (Å²) < 4.78 is 0. The first-order valence-corrected chi connectivity index (χ1v) is 14.9. The van der Waals surface area contributed by atoms with E-state index in [4.69, 9.17) is 5.73 Å². The van der Waals surface area contributed by atoms with E-state index in [1.165, 1.54) is 48.6 Å². The molecule has 3 aromatic rings. The molecule has 0 saturated carbocycles. The van der Waals surface area contributed by atoms with Crippen LogP contribution in [0.5, 0.6) is 11.5 Å². The van der Waals surface area contributed by atoms with Crippen LogP contribution in [0.25, 0.3) is 0 Å². The third-order valence-electron chi connectivity index (χ3n) is 6.57. The first-order valence-electron chi connectivity index (χ1n) is 13.5. The number of amides is 3. The van der Waals surface area contributed by atoms with E-state index >= 15 is 0 Å². The SMILES string of the molecule is CSCCC(NC(=O)C(Cc1cnc[nH]1)NC(=O)C(Cc1ccc(O)cc1)NC(=O)C(N)Cc1ccc(O)cc1)C(=O)O. The fourth-order valence-corrected chi connectivity index (χ4v) is 4.67. The third-order valence-corrected chi connectivity index (χ3v) is 7.22. The van der Waals surface area contributed by atoms with Gasteiger partial charge in [-0.15, -0.1) is 0 Å². The summed E-state index contributed by atoms with van der Waals surface area (Å²) in [4.78, 5) is 58.6. The molecule has 4 unspecified atom stereocenters. The van der Waals surface area contributed by atoms with Crippen molar-refractivity contribution in [2.75, 3.05) is 12.0 Å². The number of aromatic hydroxyl groups is 2. The molecule has 4 atom stereocenters. The largest absolute Gasteiger partial charge is 0.508 e. The number of hydrogen-bond acceptors (Lipinski definition) is 9. The number of carboxylic acid groups (broad SMARTS) is 1. The van der Waals surface area contributed by atoms with Gasteiger partial charge in [-0.05, 0) is 60.2 Å². The van der Waals surface area contributed by atoms with Crippen molar-refractivity contribution in [3.8, 4) is 11.5 Å². The van der Waals surface area contributed by atoms with E-state index in [2.05, 4.69) is 25.9 Å². The highest BCUT2D eigenvalue weighted by atomic mass is 32.2. The van der Waals surface area contributed by atoms with Crippen molar-refractivity contribution in [3.63, 3.8) is 0 Å². The summed E-state index contributed by atoms with van der Waals surface area (Å²) in [6, 6.07) is 7.71. The predicted octanol–water partition coefficient (Wildman–Crippen LogP) is 0.468. The average molecular weight is 613 g/mol. The van der Waals surface area contributed by atoms with Gasteiger partial charge in [0.2, 0.25) is 17.7 Å². The minimum Gasteiger partial charge on any atom is -0.508 e. The molecule has 0 bridgehead atoms. The van der Waals surface area contributed by atoms with E-state index in [1.54, 1.807) is 24.3 Å². The standard InChI is InChI=1S/C29H36N6O7S/c1-43-11-10-23(29(41)42)33-28(40)25(14-19-15-31-16-32-19)35-27(39)24(13-18-4-8-21(37)9-5-18)34-26(38)22(30)12-17-2-6-20(36)7-3-17/h2-9,15-16,22-25,36-37H,10-14,30H2,1H3,(H,31,32)(H,33,40)(H,34,38)(H,35,39)(H,41,42). The second-order valence-corrected chi connectivity index (χ2v) is 10.9. The number of thioether (sulfide) groups is 1. The van der Waals surface area contributed by atoms with Crippen LogP contribution < -0.4 is 21.7 Å². The molecule has 1 aromatic heterocycles. The maximum atomic E-state index is 13.6. The summed E-state index contributed by atoms with van der Waals surface area (Å²) in [6.07, 6.45) is 5.02. The van der Waals surface area contributed by atoms with Gasteiger partial charge in [0.1, 0.15) is 29.6 Å². The second-order valence-electron chi connectivity index (χ2n) is 9.93. The number of imidazole rings is 1. The Hall–Kier alpha value is -4.56. The summed E-state index contributed by atoms with van der Waals surface area (Å²) in [6.45, 7) is 0. The molecule has 0 radical (unpaired) electrons. The summed E-state index contributed by atoms with van der Waals surface area (Å²) in [5.74, 6) is -2.64. The van der Waals surface area contributed by atoms with Crippen LogP contribution in [0.3, 0.4) is 0 Å². The summed E-state index contributed by atoms with van der Waals surface area (Å²) in [5.41, 5.74) is 7.97. The van der Waals surface area contributed by atoms with Gasteiger partial charge in [0, 0.05) is 24.7 Å². The number of rotatable bonds is 16. The Morgan fingerprint density at radius 1 is 0.814 bits per heavy atom. The number of nitrogens with two attached hydrogens (primary N) is 1. The Labute approximate surface area is 252 Å². The van der Waals surface area contributed by atoms with Crippen molar-refractivity contribution in [2.24, 2.45) is 5.73 Å². The van der Waals surface area contributed by atoms with E-state index in [0.717, 1.165) is 0 Å². The van der Waals surface area contributed by atoms with Gasteiger partial charge in [0.15, 0.2) is 0 Å². The van der Waals surface area contributed by atoms with Crippen molar-refractivity contribution < 1.29 is 34.5 Å². The van der Waals surface area contributed by atoms with Gasteiger partial charge in [-0.2, -0.15) is 11.8 Å². The highest BCUT2D eigenvalue weighted by Crippen LogP contribution is 2.14. The van der Waals surface area contributed by atoms with Crippen LogP contribution in [-0.2, 0) is 38.4 Å². The number of benzene rings is 2. The van der Waals surface area contributed by atoms with Crippen molar-refractivity contribution in [1.29, 1.82) is 0 Å². The minimum atomic E-state index is -1.20. The molecule has 0 saturated heterocycles. The lowest BCUT2D eigenvalue weighted by Crippen LogP contribution is -2.58. The van der Waals surface area contributed by atoms with Crippen molar-refractivity contribution in [3.05, 3.63) is 77.9 Å². The van der Waals surface area contributed by atoms with Gasteiger partial charge in [0.05, 0.1) is 12.4 Å². The number of H-pyrrole nitrogens is 1. The quantitative estimate of drug-likeness (QED) is 0.112. The van der Waals surface area contributed by atoms with Crippen LogP contribution in [0, 0.1) is 0 Å². The molecule has 2 aromatic carbocycles.